The van der Waals surface area contributed by atoms with E-state index in [9.17, 15) is 15.0 Å². The van der Waals surface area contributed by atoms with Crippen LogP contribution in [0.3, 0.4) is 0 Å². The van der Waals surface area contributed by atoms with Gasteiger partial charge in [-0.05, 0) is 12.0 Å². The fourth-order valence-corrected chi connectivity index (χ4v) is 1.63. The zero-order valence-corrected chi connectivity index (χ0v) is 9.13. The van der Waals surface area contributed by atoms with Gasteiger partial charge >= 0.3 is 5.97 Å². The second-order valence-corrected chi connectivity index (χ2v) is 3.74. The molecule has 1 rings (SSSR count). The van der Waals surface area contributed by atoms with Crippen molar-refractivity contribution in [1.29, 1.82) is 0 Å². The van der Waals surface area contributed by atoms with Gasteiger partial charge in [-0.3, -0.25) is 0 Å². The molecular weight excluding hydrogens is 208 g/mol. The van der Waals surface area contributed by atoms with Gasteiger partial charge in [-0.25, -0.2) is 4.79 Å². The first-order valence-corrected chi connectivity index (χ1v) is 5.22. The number of aliphatic hydroxyl groups excluding tert-OH is 1. The van der Waals surface area contributed by atoms with Gasteiger partial charge < -0.3 is 15.3 Å². The molecule has 2 unspecified atom stereocenters. The maximum absolute atomic E-state index is 11.1. The van der Waals surface area contributed by atoms with Crippen molar-refractivity contribution in [1.82, 2.24) is 0 Å². The van der Waals surface area contributed by atoms with E-state index in [-0.39, 0.29) is 12.0 Å². The third-order valence-corrected chi connectivity index (χ3v) is 2.58. The lowest BCUT2D eigenvalue weighted by molar-refractivity contribution is -0.174. The molecule has 88 valence electrons. The van der Waals surface area contributed by atoms with Crippen molar-refractivity contribution in [2.24, 2.45) is 0 Å². The Morgan fingerprint density at radius 2 is 1.94 bits per heavy atom. The molecule has 0 saturated carbocycles. The van der Waals surface area contributed by atoms with Crippen LogP contribution in [0.15, 0.2) is 30.3 Å². The van der Waals surface area contributed by atoms with Crippen LogP contribution in [-0.4, -0.2) is 27.4 Å². The van der Waals surface area contributed by atoms with Gasteiger partial charge in [-0.2, -0.15) is 0 Å². The van der Waals surface area contributed by atoms with Crippen molar-refractivity contribution in [3.05, 3.63) is 35.9 Å². The minimum atomic E-state index is -2.22. The number of carbonyl (C=O) groups is 1. The van der Waals surface area contributed by atoms with Crippen molar-refractivity contribution in [2.45, 2.75) is 31.5 Å². The third kappa shape index (κ3) is 2.23. The van der Waals surface area contributed by atoms with E-state index in [2.05, 4.69) is 0 Å². The molecular formula is C12H16O4. The second kappa shape index (κ2) is 5.09. The van der Waals surface area contributed by atoms with Crippen LogP contribution in [0.1, 0.15) is 25.3 Å². The van der Waals surface area contributed by atoms with Crippen LogP contribution in [-0.2, 0) is 10.4 Å². The number of carboxylic acids is 1. The molecule has 0 aliphatic rings. The number of aliphatic hydroxyl groups is 2. The highest BCUT2D eigenvalue weighted by Gasteiger charge is 2.44. The quantitative estimate of drug-likeness (QED) is 0.700. The summed E-state index contributed by atoms with van der Waals surface area (Å²) in [5.41, 5.74) is -2.03. The number of hydrogen-bond donors (Lipinski definition) is 3. The van der Waals surface area contributed by atoms with Crippen LogP contribution >= 0.6 is 0 Å². The summed E-state index contributed by atoms with van der Waals surface area (Å²) in [7, 11) is 0. The summed E-state index contributed by atoms with van der Waals surface area (Å²) in [4.78, 5) is 11.1. The highest BCUT2D eigenvalue weighted by Crippen LogP contribution is 2.27. The Hall–Kier alpha value is -1.39. The fraction of sp³-hybridized carbons (Fsp3) is 0.417. The summed E-state index contributed by atoms with van der Waals surface area (Å²) in [6.07, 6.45) is -0.473. The van der Waals surface area contributed by atoms with E-state index >= 15 is 0 Å². The molecule has 4 nitrogen and oxygen atoms in total. The Morgan fingerprint density at radius 1 is 1.38 bits per heavy atom. The molecule has 3 N–H and O–H groups in total. The van der Waals surface area contributed by atoms with Gasteiger partial charge in [-0.1, -0.05) is 43.7 Å². The van der Waals surface area contributed by atoms with Gasteiger partial charge in [-0.15, -0.1) is 0 Å². The first kappa shape index (κ1) is 12.7. The summed E-state index contributed by atoms with van der Waals surface area (Å²) in [6, 6.07) is 7.96. The topological polar surface area (TPSA) is 77.8 Å². The first-order valence-electron chi connectivity index (χ1n) is 5.22. The molecule has 0 aliphatic heterocycles. The van der Waals surface area contributed by atoms with E-state index in [4.69, 9.17) is 5.11 Å². The Morgan fingerprint density at radius 3 is 2.38 bits per heavy atom. The Balaban J connectivity index is 3.12. The lowest BCUT2D eigenvalue weighted by atomic mass is 9.86. The van der Waals surface area contributed by atoms with Gasteiger partial charge in [0.05, 0.1) is 6.10 Å². The van der Waals surface area contributed by atoms with Crippen molar-refractivity contribution < 1.29 is 20.1 Å². The third-order valence-electron chi connectivity index (χ3n) is 2.58. The molecule has 0 heterocycles. The average Bonchev–Trinajstić information content (AvgIpc) is 2.29. The number of hydrogen-bond acceptors (Lipinski definition) is 3. The zero-order chi connectivity index (χ0) is 12.2. The Labute approximate surface area is 94.2 Å². The predicted octanol–water partition coefficient (Wildman–Crippen LogP) is 1.12. The van der Waals surface area contributed by atoms with Crippen LogP contribution in [0, 0.1) is 0 Å². The Kier molecular flexibility index (Phi) is 4.04. The van der Waals surface area contributed by atoms with Crippen molar-refractivity contribution in [3.8, 4) is 0 Å². The van der Waals surface area contributed by atoms with Crippen LogP contribution in [0.5, 0.6) is 0 Å². The number of aliphatic carboxylic acids is 1. The van der Waals surface area contributed by atoms with Crippen LogP contribution in [0.2, 0.25) is 0 Å². The zero-order valence-electron chi connectivity index (χ0n) is 9.13. The number of rotatable bonds is 5. The lowest BCUT2D eigenvalue weighted by Crippen LogP contribution is -2.46. The predicted molar refractivity (Wildman–Crippen MR) is 58.9 cm³/mol. The molecule has 0 aliphatic carbocycles. The highest BCUT2D eigenvalue weighted by atomic mass is 16.4. The minimum Gasteiger partial charge on any atom is -0.479 e. The molecule has 0 bridgehead atoms. The maximum atomic E-state index is 11.1. The molecule has 2 atom stereocenters. The molecule has 0 aromatic heterocycles. The lowest BCUT2D eigenvalue weighted by Gasteiger charge is -2.29. The second-order valence-electron chi connectivity index (χ2n) is 3.74. The van der Waals surface area contributed by atoms with Crippen LogP contribution in [0.4, 0.5) is 0 Å². The molecule has 0 amide bonds. The molecule has 16 heavy (non-hydrogen) atoms. The van der Waals surface area contributed by atoms with E-state index in [1.54, 1.807) is 18.2 Å². The largest absolute Gasteiger partial charge is 0.479 e. The summed E-state index contributed by atoms with van der Waals surface area (Å²) >= 11 is 0. The average molecular weight is 224 g/mol. The van der Waals surface area contributed by atoms with Gasteiger partial charge in [0.2, 0.25) is 5.60 Å². The summed E-state index contributed by atoms with van der Waals surface area (Å²) in [6.45, 7) is 1.82. The smallest absolute Gasteiger partial charge is 0.343 e. The van der Waals surface area contributed by atoms with E-state index in [0.717, 1.165) is 0 Å². The minimum absolute atomic E-state index is 0.198. The molecule has 1 aromatic rings. The molecule has 0 fully saturated rings. The first-order chi connectivity index (χ1) is 7.53. The number of carboxylic acid groups (broad SMARTS) is 1. The van der Waals surface area contributed by atoms with Crippen molar-refractivity contribution in [3.63, 3.8) is 0 Å². The van der Waals surface area contributed by atoms with Crippen molar-refractivity contribution >= 4 is 5.97 Å². The number of benzene rings is 1. The SMILES string of the molecule is CCCC(O)C(O)(C(=O)O)c1ccccc1. The molecule has 0 saturated heterocycles. The fourth-order valence-electron chi connectivity index (χ4n) is 1.63. The van der Waals surface area contributed by atoms with Gasteiger partial charge in [0.1, 0.15) is 0 Å². The summed E-state index contributed by atoms with van der Waals surface area (Å²) < 4.78 is 0. The van der Waals surface area contributed by atoms with Crippen LogP contribution < -0.4 is 0 Å². The van der Waals surface area contributed by atoms with Gasteiger partial charge in [0.15, 0.2) is 0 Å². The van der Waals surface area contributed by atoms with E-state index in [1.807, 2.05) is 6.92 Å². The maximum Gasteiger partial charge on any atom is 0.343 e. The van der Waals surface area contributed by atoms with Gasteiger partial charge in [0, 0.05) is 0 Å². The van der Waals surface area contributed by atoms with E-state index < -0.39 is 17.7 Å². The Bertz CT molecular complexity index is 349. The van der Waals surface area contributed by atoms with Crippen LogP contribution in [0.25, 0.3) is 0 Å². The normalized spacial score (nSPS) is 16.4. The molecule has 1 aromatic carbocycles. The molecule has 0 radical (unpaired) electrons. The standard InChI is InChI=1S/C12H16O4/c1-2-6-10(13)12(16,11(14)15)9-7-4-3-5-8-9/h3-5,7-8,10,13,16H,2,6H2,1H3,(H,14,15). The summed E-state index contributed by atoms with van der Waals surface area (Å²) in [5.74, 6) is -1.43. The van der Waals surface area contributed by atoms with E-state index in [0.29, 0.717) is 6.42 Å². The molecule has 4 heteroatoms. The van der Waals surface area contributed by atoms with Crippen molar-refractivity contribution in [2.75, 3.05) is 0 Å². The highest BCUT2D eigenvalue weighted by molar-refractivity contribution is 5.80. The van der Waals surface area contributed by atoms with E-state index in [1.165, 1.54) is 12.1 Å². The molecule has 0 spiro atoms. The monoisotopic (exact) mass is 224 g/mol. The van der Waals surface area contributed by atoms with Gasteiger partial charge in [0.25, 0.3) is 0 Å². The summed E-state index contributed by atoms with van der Waals surface area (Å²) in [5, 5.41) is 28.9.